The molecule has 1 heterocycles. The molecule has 0 radical (unpaired) electrons. The summed E-state index contributed by atoms with van der Waals surface area (Å²) in [4.78, 5) is 0.113. The summed E-state index contributed by atoms with van der Waals surface area (Å²) < 4.78 is 24.6. The molecule has 6 nitrogen and oxygen atoms in total. The first-order valence-corrected chi connectivity index (χ1v) is 7.27. The van der Waals surface area contributed by atoms with Crippen LogP contribution in [0.4, 0.5) is 0 Å². The van der Waals surface area contributed by atoms with Gasteiger partial charge in [0.15, 0.2) is 9.84 Å². The number of aryl methyl sites for hydroxylation is 1. The van der Waals surface area contributed by atoms with Crippen LogP contribution in [0.15, 0.2) is 35.2 Å². The quantitative estimate of drug-likeness (QED) is 0.608. The SMILES string of the molecule is Cc1cc([O-])n(-c2ccc(S(=O)(=O)CCO)cc2)n1.[Na+]. The first-order chi connectivity index (χ1) is 8.94. The van der Waals surface area contributed by atoms with Gasteiger partial charge in [-0.05, 0) is 43.1 Å². The smallest absolute Gasteiger partial charge is 0.859 e. The maximum Gasteiger partial charge on any atom is 1.00 e. The van der Waals surface area contributed by atoms with Crippen molar-refractivity contribution in [2.75, 3.05) is 12.4 Å². The summed E-state index contributed by atoms with van der Waals surface area (Å²) in [6.07, 6.45) is 0. The van der Waals surface area contributed by atoms with Crippen molar-refractivity contribution < 1.29 is 48.2 Å². The van der Waals surface area contributed by atoms with Crippen LogP contribution in [0, 0.1) is 6.92 Å². The van der Waals surface area contributed by atoms with Crippen LogP contribution in [0.2, 0.25) is 0 Å². The topological polar surface area (TPSA) is 95.2 Å². The normalized spacial score (nSPS) is 11.1. The summed E-state index contributed by atoms with van der Waals surface area (Å²) in [5.41, 5.74) is 1.10. The van der Waals surface area contributed by atoms with Gasteiger partial charge in [0.1, 0.15) is 0 Å². The van der Waals surface area contributed by atoms with E-state index in [-0.39, 0.29) is 46.1 Å². The molecule has 0 fully saturated rings. The van der Waals surface area contributed by atoms with Crippen LogP contribution in [-0.4, -0.2) is 35.7 Å². The van der Waals surface area contributed by atoms with Crippen LogP contribution in [0.3, 0.4) is 0 Å². The Balaban J connectivity index is 0.00000200. The number of hydrogen-bond acceptors (Lipinski definition) is 5. The van der Waals surface area contributed by atoms with E-state index in [1.165, 1.54) is 35.0 Å². The Morgan fingerprint density at radius 3 is 2.35 bits per heavy atom. The Hall–Kier alpha value is -0.860. The summed E-state index contributed by atoms with van der Waals surface area (Å²) in [7, 11) is -3.47. The summed E-state index contributed by atoms with van der Waals surface area (Å²) in [6, 6.07) is 7.22. The zero-order chi connectivity index (χ0) is 14.0. The van der Waals surface area contributed by atoms with Crippen molar-refractivity contribution in [2.24, 2.45) is 0 Å². The molecule has 0 spiro atoms. The number of aromatic nitrogens is 2. The monoisotopic (exact) mass is 304 g/mol. The number of benzene rings is 1. The molecule has 8 heteroatoms. The second-order valence-corrected chi connectivity index (χ2v) is 6.18. The molecule has 2 rings (SSSR count). The molecule has 0 saturated heterocycles. The minimum absolute atomic E-state index is 0. The predicted octanol–water partition coefficient (Wildman–Crippen LogP) is -2.98. The Morgan fingerprint density at radius 1 is 1.30 bits per heavy atom. The number of aliphatic hydroxyl groups excluding tert-OH is 1. The summed E-state index contributed by atoms with van der Waals surface area (Å²) in [6.45, 7) is 1.28. The van der Waals surface area contributed by atoms with Crippen LogP contribution in [0.5, 0.6) is 5.88 Å². The third-order valence-electron chi connectivity index (χ3n) is 2.60. The molecule has 0 unspecified atom stereocenters. The molecule has 1 aromatic carbocycles. The van der Waals surface area contributed by atoms with Gasteiger partial charge in [-0.15, -0.1) is 0 Å². The van der Waals surface area contributed by atoms with Crippen LogP contribution in [0.25, 0.3) is 5.69 Å². The van der Waals surface area contributed by atoms with E-state index in [1.807, 2.05) is 0 Å². The molecule has 0 atom stereocenters. The first kappa shape index (κ1) is 17.2. The van der Waals surface area contributed by atoms with Crippen molar-refractivity contribution in [1.82, 2.24) is 9.78 Å². The van der Waals surface area contributed by atoms with Gasteiger partial charge in [-0.25, -0.2) is 13.1 Å². The van der Waals surface area contributed by atoms with Gasteiger partial charge in [-0.1, -0.05) is 0 Å². The molecule has 1 aromatic heterocycles. The van der Waals surface area contributed by atoms with Gasteiger partial charge in [0.05, 0.1) is 28.6 Å². The van der Waals surface area contributed by atoms with Crippen molar-refractivity contribution in [3.05, 3.63) is 36.0 Å². The standard InChI is InChI=1S/C12H14N2O4S.Na/c1-9-8-12(16)14(13-9)10-2-4-11(5-3-10)19(17,18)7-6-15;/h2-5,8,15-16H,6-7H2,1H3;/q;+1/p-1. The average molecular weight is 304 g/mol. The molecule has 102 valence electrons. The van der Waals surface area contributed by atoms with E-state index in [0.29, 0.717) is 11.4 Å². The number of nitrogens with zero attached hydrogens (tertiary/aromatic N) is 2. The van der Waals surface area contributed by atoms with Crippen molar-refractivity contribution in [3.63, 3.8) is 0 Å². The Kier molecular flexibility index (Phi) is 5.79. The summed E-state index contributed by atoms with van der Waals surface area (Å²) in [5, 5.41) is 24.3. The van der Waals surface area contributed by atoms with E-state index in [0.717, 1.165) is 0 Å². The van der Waals surface area contributed by atoms with Gasteiger partial charge in [0, 0.05) is 0 Å². The summed E-state index contributed by atoms with van der Waals surface area (Å²) >= 11 is 0. The van der Waals surface area contributed by atoms with E-state index in [2.05, 4.69) is 5.10 Å². The second-order valence-electron chi connectivity index (χ2n) is 4.07. The Labute approximate surface area is 139 Å². The molecule has 0 amide bonds. The van der Waals surface area contributed by atoms with Crippen LogP contribution in [-0.2, 0) is 9.84 Å². The molecule has 1 N–H and O–H groups in total. The first-order valence-electron chi connectivity index (χ1n) is 5.62. The summed E-state index contributed by atoms with van der Waals surface area (Å²) in [5.74, 6) is -0.580. The van der Waals surface area contributed by atoms with E-state index in [1.54, 1.807) is 6.92 Å². The van der Waals surface area contributed by atoms with Crippen molar-refractivity contribution in [2.45, 2.75) is 11.8 Å². The third-order valence-corrected chi connectivity index (χ3v) is 4.31. The minimum atomic E-state index is -3.47. The predicted molar refractivity (Wildman–Crippen MR) is 66.9 cm³/mol. The van der Waals surface area contributed by atoms with Gasteiger partial charge < -0.3 is 10.2 Å². The van der Waals surface area contributed by atoms with Crippen molar-refractivity contribution >= 4 is 9.84 Å². The van der Waals surface area contributed by atoms with Gasteiger partial charge in [0.2, 0.25) is 0 Å². The van der Waals surface area contributed by atoms with E-state index in [4.69, 9.17) is 5.11 Å². The van der Waals surface area contributed by atoms with Crippen LogP contribution in [0.1, 0.15) is 5.69 Å². The zero-order valence-corrected chi connectivity index (χ0v) is 14.1. The van der Waals surface area contributed by atoms with Crippen LogP contribution < -0.4 is 34.7 Å². The fourth-order valence-corrected chi connectivity index (χ4v) is 2.72. The molecule has 0 aliphatic heterocycles. The van der Waals surface area contributed by atoms with Gasteiger partial charge in [-0.2, -0.15) is 5.10 Å². The molecule has 0 aliphatic rings. The minimum Gasteiger partial charge on any atom is -0.859 e. The van der Waals surface area contributed by atoms with Gasteiger partial charge >= 0.3 is 29.6 Å². The molecule has 0 aliphatic carbocycles. The number of rotatable bonds is 4. The fourth-order valence-electron chi connectivity index (χ4n) is 1.69. The van der Waals surface area contributed by atoms with Crippen molar-refractivity contribution in [1.29, 1.82) is 0 Å². The van der Waals surface area contributed by atoms with E-state index < -0.39 is 16.4 Å². The van der Waals surface area contributed by atoms with Gasteiger partial charge in [0.25, 0.3) is 0 Å². The molecule has 0 bridgehead atoms. The Morgan fingerprint density at radius 2 is 1.90 bits per heavy atom. The number of sulfone groups is 1. The van der Waals surface area contributed by atoms with Gasteiger partial charge in [-0.3, -0.25) is 0 Å². The number of aliphatic hydroxyl groups is 1. The third kappa shape index (κ3) is 3.62. The fraction of sp³-hybridized carbons (Fsp3) is 0.250. The van der Waals surface area contributed by atoms with E-state index >= 15 is 0 Å². The van der Waals surface area contributed by atoms with Crippen LogP contribution >= 0.6 is 0 Å². The zero-order valence-electron chi connectivity index (χ0n) is 11.3. The maximum atomic E-state index is 11.7. The second kappa shape index (κ2) is 6.73. The largest absolute Gasteiger partial charge is 1.00 e. The number of hydrogen-bond donors (Lipinski definition) is 1. The molecule has 2 aromatic rings. The molecular weight excluding hydrogens is 291 g/mol. The van der Waals surface area contributed by atoms with E-state index in [9.17, 15) is 13.5 Å². The average Bonchev–Trinajstić information content (AvgIpc) is 2.68. The van der Waals surface area contributed by atoms with Crippen molar-refractivity contribution in [3.8, 4) is 11.6 Å². The maximum absolute atomic E-state index is 11.7. The molecule has 0 saturated carbocycles. The molecule has 20 heavy (non-hydrogen) atoms. The Bertz CT molecular complexity index is 680. The molecular formula is C12H13N2NaO4S.